The second-order valence-corrected chi connectivity index (χ2v) is 9.42. The van der Waals surface area contributed by atoms with Crippen molar-refractivity contribution < 1.29 is 32.3 Å². The molecule has 13 nitrogen and oxygen atoms in total. The first kappa shape index (κ1) is 23.6. The quantitative estimate of drug-likeness (QED) is 0.279. The summed E-state index contributed by atoms with van der Waals surface area (Å²) in [4.78, 5) is 34.0. The summed E-state index contributed by atoms with van der Waals surface area (Å²) in [5.74, 6) is -0.717. The van der Waals surface area contributed by atoms with Crippen molar-refractivity contribution in [3.8, 4) is 0 Å². The minimum Gasteiger partial charge on any atom is -0.387 e. The van der Waals surface area contributed by atoms with E-state index in [0.717, 1.165) is 6.33 Å². The average Bonchev–Trinajstić information content (AvgIpc) is 3.22. The number of H-pyrrole nitrogens is 1. The number of aliphatic hydroxyl groups is 2. The predicted octanol–water partition coefficient (Wildman–Crippen LogP) is -1.54. The van der Waals surface area contributed by atoms with Crippen molar-refractivity contribution in [1.29, 1.82) is 0 Å². The number of rotatable bonds is 8. The van der Waals surface area contributed by atoms with Crippen LogP contribution in [0.1, 0.15) is 26.5 Å². The van der Waals surface area contributed by atoms with Gasteiger partial charge in [-0.2, -0.15) is 21.0 Å². The highest BCUT2D eigenvalue weighted by Gasteiger charge is 2.45. The summed E-state index contributed by atoms with van der Waals surface area (Å²) in [6.07, 6.45) is -2.76. The maximum Gasteiger partial charge on any atom is 0.362 e. The molecule has 3 rings (SSSR count). The minimum absolute atomic E-state index is 0.000451. The fraction of sp³-hybridized carbons (Fsp3) is 0.625. The van der Waals surface area contributed by atoms with E-state index in [4.69, 9.17) is 8.92 Å². The first-order chi connectivity index (χ1) is 14.5. The topological polar surface area (TPSA) is 186 Å². The number of hydrogen-bond acceptors (Lipinski definition) is 11. The first-order valence-electron chi connectivity index (χ1n) is 9.31. The fourth-order valence-electron chi connectivity index (χ4n) is 3.08. The molecule has 1 saturated heterocycles. The summed E-state index contributed by atoms with van der Waals surface area (Å²) in [5, 5.41) is 19.7. The summed E-state index contributed by atoms with van der Waals surface area (Å²) in [5.41, 5.74) is -0.398. The lowest BCUT2D eigenvalue weighted by Crippen LogP contribution is -2.40. The van der Waals surface area contributed by atoms with Crippen molar-refractivity contribution >= 4 is 40.0 Å². The predicted molar refractivity (Wildman–Crippen MR) is 109 cm³/mol. The van der Waals surface area contributed by atoms with Gasteiger partial charge in [-0.15, -0.1) is 0 Å². The zero-order valence-corrected chi connectivity index (χ0v) is 18.3. The molecule has 15 heteroatoms. The van der Waals surface area contributed by atoms with Crippen LogP contribution in [0.4, 0.5) is 0 Å². The van der Waals surface area contributed by atoms with E-state index in [0.29, 0.717) is 6.42 Å². The van der Waals surface area contributed by atoms with E-state index in [1.165, 1.54) is 10.9 Å². The van der Waals surface area contributed by atoms with Crippen molar-refractivity contribution in [1.82, 2.24) is 24.2 Å². The van der Waals surface area contributed by atoms with E-state index in [9.17, 15) is 28.2 Å². The Balaban J connectivity index is 1.66. The third kappa shape index (κ3) is 5.24. The van der Waals surface area contributed by atoms with Gasteiger partial charge in [-0.25, -0.2) is 14.7 Å². The van der Waals surface area contributed by atoms with E-state index in [1.807, 2.05) is 13.8 Å². The van der Waals surface area contributed by atoms with Crippen molar-refractivity contribution in [2.75, 3.05) is 6.61 Å². The SMILES string of the molecule is CC(C)C[C@H](S)C(=O)NS(=O)(=O)OC[C@H]1O[C@@H](n2cnc3c(=O)[nH]cnc32)[C@H](O)[C@@H]1O. The van der Waals surface area contributed by atoms with Crippen LogP contribution in [-0.2, 0) is 24.0 Å². The van der Waals surface area contributed by atoms with Crippen LogP contribution in [0.3, 0.4) is 0 Å². The van der Waals surface area contributed by atoms with Gasteiger partial charge in [0.25, 0.3) is 5.56 Å². The van der Waals surface area contributed by atoms with Gasteiger partial charge in [0.1, 0.15) is 18.3 Å². The number of nitrogens with one attached hydrogen (secondary N) is 2. The molecule has 172 valence electrons. The molecule has 5 atom stereocenters. The maximum absolute atomic E-state index is 12.0. The standard InChI is InChI=1S/C16H23N5O8S2/c1-7(2)3-9(30)14(24)20-31(26,27)28-4-8-11(22)12(23)16(29-8)21-6-19-10-13(21)17-5-18-15(10)25/h5-9,11-12,16,22-23,30H,3-4H2,1-2H3,(H,20,24)(H,17,18,25)/t8-,9+,11-,12-,16-/m1/s1. The van der Waals surface area contributed by atoms with E-state index in [-0.39, 0.29) is 17.1 Å². The molecule has 4 N–H and O–H groups in total. The molecule has 3 heterocycles. The molecule has 0 radical (unpaired) electrons. The van der Waals surface area contributed by atoms with Gasteiger partial charge in [-0.05, 0) is 12.3 Å². The molecule has 2 aromatic rings. The van der Waals surface area contributed by atoms with E-state index >= 15 is 0 Å². The normalized spacial score (nSPS) is 25.2. The third-order valence-electron chi connectivity index (χ3n) is 4.59. The monoisotopic (exact) mass is 477 g/mol. The van der Waals surface area contributed by atoms with Crippen LogP contribution >= 0.6 is 12.6 Å². The van der Waals surface area contributed by atoms with Crippen LogP contribution in [0.25, 0.3) is 11.2 Å². The number of nitrogens with zero attached hydrogens (tertiary/aromatic N) is 3. The zero-order valence-electron chi connectivity index (χ0n) is 16.6. The lowest BCUT2D eigenvalue weighted by Gasteiger charge is -2.17. The summed E-state index contributed by atoms with van der Waals surface area (Å²) in [6, 6.07) is 0. The number of aliphatic hydroxyl groups excluding tert-OH is 2. The van der Waals surface area contributed by atoms with E-state index < -0.39 is 58.2 Å². The van der Waals surface area contributed by atoms with Gasteiger partial charge in [0.15, 0.2) is 17.4 Å². The van der Waals surface area contributed by atoms with Crippen LogP contribution in [0.2, 0.25) is 0 Å². The molecular weight excluding hydrogens is 454 g/mol. The number of ether oxygens (including phenoxy) is 1. The molecule has 0 spiro atoms. The molecule has 2 aromatic heterocycles. The Labute approximate surface area is 182 Å². The van der Waals surface area contributed by atoms with Crippen molar-refractivity contribution in [3.05, 3.63) is 23.0 Å². The Morgan fingerprint density at radius 2 is 2.10 bits per heavy atom. The highest BCUT2D eigenvalue weighted by Crippen LogP contribution is 2.31. The Morgan fingerprint density at radius 3 is 2.77 bits per heavy atom. The van der Waals surface area contributed by atoms with Gasteiger partial charge >= 0.3 is 10.3 Å². The number of carbonyl (C=O) groups excluding carboxylic acids is 1. The lowest BCUT2D eigenvalue weighted by molar-refractivity contribution is -0.119. The van der Waals surface area contributed by atoms with Crippen molar-refractivity contribution in [2.45, 2.75) is 50.1 Å². The Kier molecular flexibility index (Phi) is 7.02. The minimum atomic E-state index is -4.50. The van der Waals surface area contributed by atoms with Crippen LogP contribution in [0.5, 0.6) is 0 Å². The molecule has 1 amide bonds. The van der Waals surface area contributed by atoms with Crippen LogP contribution in [-0.4, -0.2) is 74.2 Å². The second-order valence-electron chi connectivity index (χ2n) is 7.45. The number of hydrogen-bond donors (Lipinski definition) is 5. The van der Waals surface area contributed by atoms with Gasteiger partial charge in [0.05, 0.1) is 24.5 Å². The van der Waals surface area contributed by atoms with Gasteiger partial charge in [-0.1, -0.05) is 13.8 Å². The molecule has 0 saturated carbocycles. The lowest BCUT2D eigenvalue weighted by atomic mass is 10.1. The fourth-order valence-corrected chi connectivity index (χ4v) is 4.41. The van der Waals surface area contributed by atoms with Crippen molar-refractivity contribution in [3.63, 3.8) is 0 Å². The first-order valence-corrected chi connectivity index (χ1v) is 11.2. The van der Waals surface area contributed by atoms with Gasteiger partial charge in [-0.3, -0.25) is 18.3 Å². The highest BCUT2D eigenvalue weighted by atomic mass is 32.2. The zero-order chi connectivity index (χ0) is 22.9. The van der Waals surface area contributed by atoms with Crippen LogP contribution in [0.15, 0.2) is 17.4 Å². The number of amides is 1. The molecule has 1 fully saturated rings. The van der Waals surface area contributed by atoms with E-state index in [2.05, 4.69) is 27.6 Å². The van der Waals surface area contributed by atoms with Crippen LogP contribution in [0, 0.1) is 5.92 Å². The summed E-state index contributed by atoms with van der Waals surface area (Å²) in [7, 11) is -4.50. The maximum atomic E-state index is 12.0. The Hall–Kier alpha value is -2.04. The number of aromatic amines is 1. The molecule has 0 bridgehead atoms. The van der Waals surface area contributed by atoms with Gasteiger partial charge in [0.2, 0.25) is 5.91 Å². The number of aromatic nitrogens is 4. The van der Waals surface area contributed by atoms with E-state index in [1.54, 1.807) is 4.72 Å². The molecule has 1 aliphatic heterocycles. The number of imidazole rings is 1. The number of thiol groups is 1. The molecule has 0 aliphatic carbocycles. The van der Waals surface area contributed by atoms with Gasteiger partial charge in [0, 0.05) is 0 Å². The molecule has 31 heavy (non-hydrogen) atoms. The Bertz CT molecular complexity index is 1100. The third-order valence-corrected chi connectivity index (χ3v) is 5.93. The smallest absolute Gasteiger partial charge is 0.362 e. The highest BCUT2D eigenvalue weighted by molar-refractivity contribution is 7.85. The molecule has 0 unspecified atom stereocenters. The molecule has 1 aliphatic rings. The average molecular weight is 478 g/mol. The second kappa shape index (κ2) is 9.22. The summed E-state index contributed by atoms with van der Waals surface area (Å²) in [6.45, 7) is 3.04. The van der Waals surface area contributed by atoms with Crippen molar-refractivity contribution in [2.24, 2.45) is 5.92 Å². The van der Waals surface area contributed by atoms with Gasteiger partial charge < -0.3 is 19.9 Å². The summed E-state index contributed by atoms with van der Waals surface area (Å²) < 4.78 is 37.4. The number of carbonyl (C=O) groups is 1. The molecular formula is C16H23N5O8S2. The van der Waals surface area contributed by atoms with Crippen LogP contribution < -0.4 is 10.3 Å². The Morgan fingerprint density at radius 1 is 1.39 bits per heavy atom. The largest absolute Gasteiger partial charge is 0.387 e. The molecule has 0 aromatic carbocycles. The summed E-state index contributed by atoms with van der Waals surface area (Å²) >= 11 is 4.07. The number of fused-ring (bicyclic) bond motifs is 1.